The van der Waals surface area contributed by atoms with Gasteiger partial charge in [-0.15, -0.1) is 0 Å². The summed E-state index contributed by atoms with van der Waals surface area (Å²) in [5.74, 6) is -3.23. The Morgan fingerprint density at radius 2 is 1.91 bits per heavy atom. The van der Waals surface area contributed by atoms with Gasteiger partial charge in [0.15, 0.2) is 0 Å². The summed E-state index contributed by atoms with van der Waals surface area (Å²) in [7, 11) is 0. The number of carbonyl (C=O) groups is 2. The van der Waals surface area contributed by atoms with Gasteiger partial charge in [0.2, 0.25) is 0 Å². The smallest absolute Gasteiger partial charge is 0.332 e. The molecule has 0 aliphatic carbocycles. The van der Waals surface area contributed by atoms with Gasteiger partial charge >= 0.3 is 11.9 Å². The molecule has 0 aromatic carbocycles. The van der Waals surface area contributed by atoms with Crippen LogP contribution in [0.25, 0.3) is 0 Å². The molecule has 4 heteroatoms. The molecule has 0 fully saturated rings. The van der Waals surface area contributed by atoms with Crippen molar-refractivity contribution in [2.75, 3.05) is 0 Å². The van der Waals surface area contributed by atoms with E-state index in [4.69, 9.17) is 14.3 Å². The summed E-state index contributed by atoms with van der Waals surface area (Å²) in [6.07, 6.45) is -0.143. The monoisotopic (exact) mass is 161 g/mol. The lowest BCUT2D eigenvalue weighted by Crippen LogP contribution is -2.08. The maximum Gasteiger partial charge on any atom is 0.332 e. The van der Waals surface area contributed by atoms with E-state index in [-0.39, 0.29) is 6.42 Å². The lowest BCUT2D eigenvalue weighted by molar-refractivity contribution is -0.136. The maximum absolute atomic E-state index is 10.6. The predicted octanol–water partition coefficient (Wildman–Crippen LogP) is 0.882. The van der Waals surface area contributed by atoms with Crippen LogP contribution in [-0.2, 0) is 9.59 Å². The minimum absolute atomic E-state index is 0.143. The Kier molecular flexibility index (Phi) is 1.82. The molecule has 0 aromatic heterocycles. The Morgan fingerprint density at radius 1 is 1.36 bits per heavy atom. The van der Waals surface area contributed by atoms with Gasteiger partial charge in [-0.05, 0) is 13.3 Å². The zero-order valence-corrected chi connectivity index (χ0v) is 5.92. The van der Waals surface area contributed by atoms with Gasteiger partial charge in [-0.2, -0.15) is 0 Å². The molecule has 11 heavy (non-hydrogen) atoms. The van der Waals surface area contributed by atoms with Crippen LogP contribution in [0.3, 0.4) is 0 Å². The van der Waals surface area contributed by atoms with Gasteiger partial charge in [0.25, 0.3) is 0 Å². The third-order valence-corrected chi connectivity index (χ3v) is 1.13. The molecule has 0 saturated carbocycles. The van der Waals surface area contributed by atoms with Crippen molar-refractivity contribution in [1.29, 1.82) is 0 Å². The van der Waals surface area contributed by atoms with Crippen molar-refractivity contribution in [2.24, 2.45) is 0 Å². The summed E-state index contributed by atoms with van der Waals surface area (Å²) in [4.78, 5) is 21.1. The minimum Gasteiger partial charge on any atom is -0.478 e. The molecule has 0 rings (SSSR count). The quantitative estimate of drug-likeness (QED) is 0.602. The highest BCUT2D eigenvalue weighted by Crippen LogP contribution is 2.08. The van der Waals surface area contributed by atoms with E-state index in [0.717, 1.165) is 0 Å². The lowest BCUT2D eigenvalue weighted by atomic mass is 10.1. The second kappa shape index (κ2) is 3.75. The molecule has 0 heterocycles. The first-order valence-corrected chi connectivity index (χ1v) is 2.92. The molecule has 0 aliphatic rings. The molecule has 0 aromatic rings. The minimum atomic E-state index is -2.91. The average molecular weight is 161 g/mol. The number of rotatable bonds is 3. The first-order chi connectivity index (χ1) is 6.21. The molecule has 2 N–H and O–H groups in total. The zero-order chi connectivity index (χ0) is 11.5. The number of hydrogen-bond acceptors (Lipinski definition) is 2. The van der Waals surface area contributed by atoms with Crippen molar-refractivity contribution in [3.05, 3.63) is 11.1 Å². The van der Waals surface area contributed by atoms with E-state index in [2.05, 4.69) is 0 Å². The van der Waals surface area contributed by atoms with Crippen LogP contribution in [-0.4, -0.2) is 22.2 Å². The van der Waals surface area contributed by atoms with Crippen LogP contribution in [0.4, 0.5) is 0 Å². The summed E-state index contributed by atoms with van der Waals surface area (Å²) in [6.45, 7) is -1.52. The van der Waals surface area contributed by atoms with Crippen molar-refractivity contribution < 1.29 is 23.9 Å². The number of hydrogen-bond donors (Lipinski definition) is 2. The fourth-order valence-electron chi connectivity index (χ4n) is 0.564. The van der Waals surface area contributed by atoms with E-state index in [1.165, 1.54) is 6.92 Å². The molecule has 0 aliphatic heterocycles. The van der Waals surface area contributed by atoms with E-state index < -0.39 is 29.9 Å². The summed E-state index contributed by atoms with van der Waals surface area (Å²) in [5.41, 5.74) is -1.61. The second-order valence-electron chi connectivity index (χ2n) is 1.82. The largest absolute Gasteiger partial charge is 0.478 e. The molecule has 0 atom stereocenters. The average Bonchev–Trinajstić information content (AvgIpc) is 1.95. The highest BCUT2D eigenvalue weighted by atomic mass is 16.4. The van der Waals surface area contributed by atoms with Gasteiger partial charge < -0.3 is 10.2 Å². The van der Waals surface area contributed by atoms with E-state index in [1.807, 2.05) is 0 Å². The first kappa shape index (κ1) is 5.35. The second-order valence-corrected chi connectivity index (χ2v) is 1.82. The van der Waals surface area contributed by atoms with Gasteiger partial charge in [0.1, 0.15) is 0 Å². The highest BCUT2D eigenvalue weighted by molar-refractivity contribution is 5.98. The fourth-order valence-corrected chi connectivity index (χ4v) is 0.564. The van der Waals surface area contributed by atoms with Crippen LogP contribution in [0.1, 0.15) is 24.3 Å². The lowest BCUT2D eigenvalue weighted by Gasteiger charge is -1.99. The summed E-state index contributed by atoms with van der Waals surface area (Å²) >= 11 is 0. The molecular weight excluding hydrogens is 148 g/mol. The van der Waals surface area contributed by atoms with E-state index in [9.17, 15) is 9.59 Å². The standard InChI is InChI=1S/C7H10O4/c1-3-5(7(10)11)4(2)6(8)9/h3H2,1-2H3,(H,8,9)(H,10,11)/b5-4-/i2D3. The van der Waals surface area contributed by atoms with Crippen molar-refractivity contribution in [1.82, 2.24) is 0 Å². The predicted molar refractivity (Wildman–Crippen MR) is 38.3 cm³/mol. The van der Waals surface area contributed by atoms with Crippen LogP contribution in [0.5, 0.6) is 0 Å². The number of aliphatic carboxylic acids is 2. The van der Waals surface area contributed by atoms with Crippen LogP contribution in [0.15, 0.2) is 11.1 Å². The van der Waals surface area contributed by atoms with Crippen molar-refractivity contribution in [3.8, 4) is 0 Å². The van der Waals surface area contributed by atoms with E-state index in [0.29, 0.717) is 0 Å². The zero-order valence-electron chi connectivity index (χ0n) is 8.92. The summed E-state index contributed by atoms with van der Waals surface area (Å²) in [5, 5.41) is 17.2. The Hall–Kier alpha value is -1.32. The van der Waals surface area contributed by atoms with E-state index in [1.54, 1.807) is 0 Å². The molecule has 4 nitrogen and oxygen atoms in total. The van der Waals surface area contributed by atoms with Gasteiger partial charge in [-0.1, -0.05) is 6.92 Å². The molecule has 0 radical (unpaired) electrons. The normalized spacial score (nSPS) is 17.4. The topological polar surface area (TPSA) is 74.6 Å². The molecule has 0 spiro atoms. The molecule has 62 valence electrons. The van der Waals surface area contributed by atoms with Gasteiger partial charge in [-0.25, -0.2) is 9.59 Å². The van der Waals surface area contributed by atoms with Crippen LogP contribution < -0.4 is 0 Å². The number of carboxylic acids is 2. The molecule has 0 unspecified atom stereocenters. The summed E-state index contributed by atoms with van der Waals surface area (Å²) in [6, 6.07) is 0. The van der Waals surface area contributed by atoms with Crippen molar-refractivity contribution in [2.45, 2.75) is 20.2 Å². The third-order valence-electron chi connectivity index (χ3n) is 1.13. The van der Waals surface area contributed by atoms with Crippen LogP contribution in [0.2, 0.25) is 0 Å². The first-order valence-electron chi connectivity index (χ1n) is 4.42. The Morgan fingerprint density at radius 3 is 2.00 bits per heavy atom. The van der Waals surface area contributed by atoms with Crippen LogP contribution in [0, 0.1) is 0 Å². The van der Waals surface area contributed by atoms with Crippen molar-refractivity contribution in [3.63, 3.8) is 0 Å². The number of carboxylic acid groups (broad SMARTS) is 2. The SMILES string of the molecule is [2H]C([2H])([2H])/C(C(=O)O)=C(\CC)C(=O)O. The van der Waals surface area contributed by atoms with E-state index >= 15 is 0 Å². The Bertz CT molecular complexity index is 290. The molecular formula is C7H10O4. The van der Waals surface area contributed by atoms with Gasteiger partial charge in [0.05, 0.1) is 0 Å². The van der Waals surface area contributed by atoms with Gasteiger partial charge in [-0.3, -0.25) is 0 Å². The maximum atomic E-state index is 10.6. The molecule has 0 amide bonds. The van der Waals surface area contributed by atoms with Gasteiger partial charge in [0, 0.05) is 15.3 Å². The molecule has 0 bridgehead atoms. The Balaban J connectivity index is 5.57. The third kappa shape index (κ3) is 2.41. The fraction of sp³-hybridized carbons (Fsp3) is 0.429. The molecule has 0 saturated heterocycles. The highest BCUT2D eigenvalue weighted by Gasteiger charge is 2.13. The summed E-state index contributed by atoms with van der Waals surface area (Å²) < 4.78 is 20.6. The van der Waals surface area contributed by atoms with Crippen LogP contribution >= 0.6 is 0 Å². The Labute approximate surface area is 68.4 Å². The van der Waals surface area contributed by atoms with Crippen molar-refractivity contribution >= 4 is 11.9 Å².